The summed E-state index contributed by atoms with van der Waals surface area (Å²) in [5.74, 6) is 0.668. The van der Waals surface area contributed by atoms with E-state index in [4.69, 9.17) is 0 Å². The normalized spacial score (nSPS) is 28.5. The van der Waals surface area contributed by atoms with E-state index in [0.717, 1.165) is 32.4 Å². The number of carbonyl (C=O) groups excluding carboxylic acids is 3. The molecule has 0 unspecified atom stereocenters. The number of fused-ring (bicyclic) bond motifs is 2. The highest BCUT2D eigenvalue weighted by Crippen LogP contribution is 2.34. The third-order valence-electron chi connectivity index (χ3n) is 6.61. The van der Waals surface area contributed by atoms with Gasteiger partial charge in [0.15, 0.2) is 0 Å². The molecule has 29 heavy (non-hydrogen) atoms. The summed E-state index contributed by atoms with van der Waals surface area (Å²) in [6.07, 6.45) is 3.62. The van der Waals surface area contributed by atoms with Crippen molar-refractivity contribution in [3.63, 3.8) is 0 Å². The lowest BCUT2D eigenvalue weighted by Crippen LogP contribution is -2.57. The van der Waals surface area contributed by atoms with Gasteiger partial charge >= 0.3 is 0 Å². The molecule has 4 rings (SSSR count). The first-order chi connectivity index (χ1) is 13.9. The smallest absolute Gasteiger partial charge is 0.256 e. The van der Waals surface area contributed by atoms with E-state index in [1.807, 2.05) is 24.0 Å². The van der Waals surface area contributed by atoms with E-state index in [1.165, 1.54) is 0 Å². The Bertz CT molecular complexity index is 813. The van der Waals surface area contributed by atoms with Gasteiger partial charge in [0.2, 0.25) is 5.91 Å². The summed E-state index contributed by atoms with van der Waals surface area (Å²) in [7, 11) is 0. The fourth-order valence-electron chi connectivity index (χ4n) is 5.35. The van der Waals surface area contributed by atoms with Gasteiger partial charge < -0.3 is 9.80 Å². The number of carbonyl (C=O) groups is 3. The summed E-state index contributed by atoms with van der Waals surface area (Å²) in [6.45, 7) is 8.21. The summed E-state index contributed by atoms with van der Waals surface area (Å²) < 4.78 is 0. The molecule has 156 valence electrons. The maximum atomic E-state index is 13.6. The van der Waals surface area contributed by atoms with Crippen molar-refractivity contribution in [1.82, 2.24) is 9.80 Å². The highest BCUT2D eigenvalue weighted by Gasteiger charge is 2.44. The number of amides is 3. The zero-order valence-corrected chi connectivity index (χ0v) is 17.6. The SMILES string of the molecule is C[C@@H]1C[C@H](C)CN(C(=O)[C@@H](C)N2C(=O)[C@@H]3CCCCN3C(=O)c3ccccc32)C1. The van der Waals surface area contributed by atoms with Crippen LogP contribution in [0.15, 0.2) is 24.3 Å². The van der Waals surface area contributed by atoms with E-state index in [2.05, 4.69) is 13.8 Å². The molecule has 4 atom stereocenters. The molecule has 3 aliphatic rings. The van der Waals surface area contributed by atoms with Crippen LogP contribution in [0.2, 0.25) is 0 Å². The number of piperidine rings is 2. The van der Waals surface area contributed by atoms with E-state index in [-0.39, 0.29) is 17.7 Å². The zero-order valence-electron chi connectivity index (χ0n) is 17.6. The maximum absolute atomic E-state index is 13.6. The van der Waals surface area contributed by atoms with E-state index in [0.29, 0.717) is 36.1 Å². The summed E-state index contributed by atoms with van der Waals surface area (Å²) >= 11 is 0. The first-order valence-corrected chi connectivity index (χ1v) is 10.9. The summed E-state index contributed by atoms with van der Waals surface area (Å²) in [4.78, 5) is 45.5. The Labute approximate surface area is 172 Å². The fraction of sp³-hybridized carbons (Fsp3) is 0.609. The fourth-order valence-corrected chi connectivity index (χ4v) is 5.35. The highest BCUT2D eigenvalue weighted by atomic mass is 16.2. The molecule has 2 saturated heterocycles. The van der Waals surface area contributed by atoms with Crippen LogP contribution in [0.1, 0.15) is 56.8 Å². The molecular formula is C23H31N3O3. The second kappa shape index (κ2) is 7.81. The number of benzene rings is 1. The molecule has 0 saturated carbocycles. The minimum atomic E-state index is -0.629. The predicted molar refractivity (Wildman–Crippen MR) is 112 cm³/mol. The van der Waals surface area contributed by atoms with Gasteiger partial charge in [-0.15, -0.1) is 0 Å². The maximum Gasteiger partial charge on any atom is 0.256 e. The van der Waals surface area contributed by atoms with Crippen molar-refractivity contribution >= 4 is 23.4 Å². The van der Waals surface area contributed by atoms with Crippen LogP contribution in [0.5, 0.6) is 0 Å². The molecular weight excluding hydrogens is 366 g/mol. The standard InChI is InChI=1S/C23H31N3O3/c1-15-12-16(2)14-24(13-15)21(27)17(3)26-19-9-5-4-8-18(19)22(28)25-11-7-6-10-20(25)23(26)29/h4-5,8-9,15-17,20H,6-7,10-14H2,1-3H3/t15-,16+,17-,20+/m1/s1. The third-order valence-corrected chi connectivity index (χ3v) is 6.61. The van der Waals surface area contributed by atoms with Crippen molar-refractivity contribution in [2.24, 2.45) is 11.8 Å². The topological polar surface area (TPSA) is 60.9 Å². The molecule has 0 aliphatic carbocycles. The number of nitrogens with zero attached hydrogens (tertiary/aromatic N) is 3. The summed E-state index contributed by atoms with van der Waals surface area (Å²) in [5.41, 5.74) is 1.08. The van der Waals surface area contributed by atoms with Crippen LogP contribution in [0.4, 0.5) is 5.69 Å². The molecule has 3 aliphatic heterocycles. The first-order valence-electron chi connectivity index (χ1n) is 10.9. The lowest BCUT2D eigenvalue weighted by molar-refractivity contribution is -0.137. The third kappa shape index (κ3) is 3.53. The van der Waals surface area contributed by atoms with Crippen LogP contribution < -0.4 is 4.90 Å². The highest BCUT2D eigenvalue weighted by molar-refractivity contribution is 6.13. The Hall–Kier alpha value is -2.37. The molecule has 6 heteroatoms. The molecule has 2 fully saturated rings. The molecule has 0 bridgehead atoms. The van der Waals surface area contributed by atoms with Crippen molar-refractivity contribution in [2.75, 3.05) is 24.5 Å². The molecule has 3 heterocycles. The minimum Gasteiger partial charge on any atom is -0.340 e. The van der Waals surface area contributed by atoms with Crippen LogP contribution in [0.3, 0.4) is 0 Å². The van der Waals surface area contributed by atoms with Crippen molar-refractivity contribution in [2.45, 2.75) is 58.5 Å². The van der Waals surface area contributed by atoms with Gasteiger partial charge in [0, 0.05) is 19.6 Å². The van der Waals surface area contributed by atoms with Gasteiger partial charge in [-0.1, -0.05) is 26.0 Å². The molecule has 6 nitrogen and oxygen atoms in total. The molecule has 0 aromatic heterocycles. The average Bonchev–Trinajstić information content (AvgIpc) is 2.80. The van der Waals surface area contributed by atoms with Gasteiger partial charge in [-0.2, -0.15) is 0 Å². The monoisotopic (exact) mass is 397 g/mol. The zero-order chi connectivity index (χ0) is 20.7. The van der Waals surface area contributed by atoms with Crippen molar-refractivity contribution in [1.29, 1.82) is 0 Å². The van der Waals surface area contributed by atoms with Crippen LogP contribution >= 0.6 is 0 Å². The molecule has 0 N–H and O–H groups in total. The lowest BCUT2D eigenvalue weighted by atomic mass is 9.91. The number of hydrogen-bond donors (Lipinski definition) is 0. The van der Waals surface area contributed by atoms with Gasteiger partial charge in [0.05, 0.1) is 11.3 Å². The van der Waals surface area contributed by atoms with Crippen LogP contribution in [0.25, 0.3) is 0 Å². The number of likely N-dealkylation sites (tertiary alicyclic amines) is 1. The Morgan fingerprint density at radius 2 is 1.76 bits per heavy atom. The number of para-hydroxylation sites is 1. The average molecular weight is 398 g/mol. The van der Waals surface area contributed by atoms with Crippen molar-refractivity contribution in [3.8, 4) is 0 Å². The molecule has 3 amide bonds. The second-order valence-corrected chi connectivity index (χ2v) is 9.10. The van der Waals surface area contributed by atoms with Crippen molar-refractivity contribution in [3.05, 3.63) is 29.8 Å². The van der Waals surface area contributed by atoms with Crippen LogP contribution in [0, 0.1) is 11.8 Å². The van der Waals surface area contributed by atoms with Gasteiger partial charge in [0.1, 0.15) is 12.1 Å². The summed E-state index contributed by atoms with van der Waals surface area (Å²) in [5, 5.41) is 0. The minimum absolute atomic E-state index is 0.0248. The van der Waals surface area contributed by atoms with Gasteiger partial charge in [-0.25, -0.2) is 0 Å². The molecule has 1 aromatic rings. The Balaban J connectivity index is 1.70. The van der Waals surface area contributed by atoms with Gasteiger partial charge in [-0.3, -0.25) is 19.3 Å². The number of hydrogen-bond acceptors (Lipinski definition) is 3. The van der Waals surface area contributed by atoms with Gasteiger partial charge in [0.25, 0.3) is 11.8 Å². The van der Waals surface area contributed by atoms with E-state index >= 15 is 0 Å². The van der Waals surface area contributed by atoms with E-state index < -0.39 is 12.1 Å². The molecule has 1 aromatic carbocycles. The molecule has 0 spiro atoms. The van der Waals surface area contributed by atoms with Crippen LogP contribution in [-0.2, 0) is 9.59 Å². The number of anilines is 1. The Morgan fingerprint density at radius 3 is 2.48 bits per heavy atom. The predicted octanol–water partition coefficient (Wildman–Crippen LogP) is 2.92. The second-order valence-electron chi connectivity index (χ2n) is 9.10. The molecule has 0 radical (unpaired) electrons. The largest absolute Gasteiger partial charge is 0.340 e. The lowest BCUT2D eigenvalue weighted by Gasteiger charge is -2.40. The van der Waals surface area contributed by atoms with Crippen molar-refractivity contribution < 1.29 is 14.4 Å². The van der Waals surface area contributed by atoms with E-state index in [9.17, 15) is 14.4 Å². The first kappa shape index (κ1) is 19.9. The van der Waals surface area contributed by atoms with Crippen LogP contribution in [-0.4, -0.2) is 59.2 Å². The number of rotatable bonds is 2. The van der Waals surface area contributed by atoms with Gasteiger partial charge in [-0.05, 0) is 56.6 Å². The van der Waals surface area contributed by atoms with E-state index in [1.54, 1.807) is 21.9 Å². The summed E-state index contributed by atoms with van der Waals surface area (Å²) in [6, 6.07) is 6.13. The Kier molecular flexibility index (Phi) is 5.36. The Morgan fingerprint density at radius 1 is 1.07 bits per heavy atom. The quantitative estimate of drug-likeness (QED) is 0.771.